The van der Waals surface area contributed by atoms with E-state index in [0.29, 0.717) is 5.56 Å². The topological polar surface area (TPSA) is 9.23 Å². The van der Waals surface area contributed by atoms with Crippen LogP contribution in [0.4, 0.5) is 13.2 Å². The Morgan fingerprint density at radius 2 is 1.63 bits per heavy atom. The molecular weight excluding hydrogens is 321 g/mol. The lowest BCUT2D eigenvalue weighted by atomic mass is 10.0. The van der Waals surface area contributed by atoms with E-state index in [4.69, 9.17) is 4.74 Å². The van der Waals surface area contributed by atoms with Crippen molar-refractivity contribution in [3.63, 3.8) is 0 Å². The standard InChI is InChI=1S/C14H10BrF3O/c1-19-12-6-5-8(7-11(12)18)14(15)13-9(16)3-2-4-10(13)17/h2-7,14H,1H3. The van der Waals surface area contributed by atoms with Gasteiger partial charge in [0.2, 0.25) is 0 Å². The van der Waals surface area contributed by atoms with E-state index in [1.54, 1.807) is 6.07 Å². The Labute approximate surface area is 117 Å². The third-order valence-electron chi connectivity index (χ3n) is 2.72. The Hall–Kier alpha value is -1.49. The van der Waals surface area contributed by atoms with Gasteiger partial charge in [0.05, 0.1) is 11.9 Å². The van der Waals surface area contributed by atoms with Gasteiger partial charge in [0.15, 0.2) is 11.6 Å². The predicted octanol–water partition coefficient (Wildman–Crippen LogP) is 4.60. The monoisotopic (exact) mass is 330 g/mol. The fourth-order valence-corrected chi connectivity index (χ4v) is 2.48. The fourth-order valence-electron chi connectivity index (χ4n) is 1.76. The highest BCUT2D eigenvalue weighted by Gasteiger charge is 2.20. The van der Waals surface area contributed by atoms with Crippen molar-refractivity contribution in [3.8, 4) is 5.75 Å². The molecule has 1 unspecified atom stereocenters. The van der Waals surface area contributed by atoms with Crippen LogP contribution in [0.2, 0.25) is 0 Å². The molecule has 5 heteroatoms. The molecule has 0 radical (unpaired) electrons. The van der Waals surface area contributed by atoms with Crippen molar-refractivity contribution in [2.24, 2.45) is 0 Å². The van der Waals surface area contributed by atoms with E-state index in [0.717, 1.165) is 12.1 Å². The molecule has 1 nitrogen and oxygen atoms in total. The van der Waals surface area contributed by atoms with Crippen LogP contribution in [-0.4, -0.2) is 7.11 Å². The molecule has 0 aliphatic carbocycles. The highest BCUT2D eigenvalue weighted by molar-refractivity contribution is 9.09. The molecule has 0 aromatic heterocycles. The first-order valence-electron chi connectivity index (χ1n) is 5.46. The van der Waals surface area contributed by atoms with Gasteiger partial charge in [0.25, 0.3) is 0 Å². The van der Waals surface area contributed by atoms with Crippen LogP contribution >= 0.6 is 15.9 Å². The maximum atomic E-state index is 13.6. The quantitative estimate of drug-likeness (QED) is 0.747. The van der Waals surface area contributed by atoms with Crippen LogP contribution in [0.15, 0.2) is 36.4 Å². The zero-order valence-electron chi connectivity index (χ0n) is 9.96. The second-order valence-electron chi connectivity index (χ2n) is 3.89. The van der Waals surface area contributed by atoms with Gasteiger partial charge in [0.1, 0.15) is 11.6 Å². The summed E-state index contributed by atoms with van der Waals surface area (Å²) in [5, 5.41) is 0. The van der Waals surface area contributed by atoms with Crippen molar-refractivity contribution in [1.29, 1.82) is 0 Å². The van der Waals surface area contributed by atoms with Crippen molar-refractivity contribution in [2.45, 2.75) is 4.83 Å². The van der Waals surface area contributed by atoms with E-state index in [1.165, 1.54) is 25.3 Å². The van der Waals surface area contributed by atoms with Gasteiger partial charge in [-0.05, 0) is 29.8 Å². The lowest BCUT2D eigenvalue weighted by Gasteiger charge is -2.13. The van der Waals surface area contributed by atoms with Gasteiger partial charge >= 0.3 is 0 Å². The van der Waals surface area contributed by atoms with E-state index in [2.05, 4.69) is 15.9 Å². The average Bonchev–Trinajstić information content (AvgIpc) is 2.38. The predicted molar refractivity (Wildman–Crippen MR) is 70.1 cm³/mol. The third kappa shape index (κ3) is 2.76. The highest BCUT2D eigenvalue weighted by atomic mass is 79.9. The van der Waals surface area contributed by atoms with Crippen molar-refractivity contribution >= 4 is 15.9 Å². The van der Waals surface area contributed by atoms with E-state index in [9.17, 15) is 13.2 Å². The largest absolute Gasteiger partial charge is 0.494 e. The van der Waals surface area contributed by atoms with Gasteiger partial charge in [-0.25, -0.2) is 13.2 Å². The summed E-state index contributed by atoms with van der Waals surface area (Å²) in [5.74, 6) is -1.87. The molecule has 0 heterocycles. The number of benzene rings is 2. The second kappa shape index (κ2) is 5.65. The minimum atomic E-state index is -0.769. The first-order valence-corrected chi connectivity index (χ1v) is 6.37. The summed E-state index contributed by atoms with van der Waals surface area (Å²) in [7, 11) is 1.35. The summed E-state index contributed by atoms with van der Waals surface area (Å²) in [6, 6.07) is 7.75. The van der Waals surface area contributed by atoms with Gasteiger partial charge in [-0.3, -0.25) is 0 Å². The highest BCUT2D eigenvalue weighted by Crippen LogP contribution is 2.35. The summed E-state index contributed by atoms with van der Waals surface area (Å²) in [6.07, 6.45) is 0. The van der Waals surface area contributed by atoms with Gasteiger partial charge in [-0.2, -0.15) is 0 Å². The number of rotatable bonds is 3. The molecule has 0 fully saturated rings. The fraction of sp³-hybridized carbons (Fsp3) is 0.143. The number of ether oxygens (including phenoxy) is 1. The molecule has 0 aliphatic heterocycles. The van der Waals surface area contributed by atoms with Crippen LogP contribution < -0.4 is 4.74 Å². The Morgan fingerprint density at radius 1 is 1.00 bits per heavy atom. The Bertz CT molecular complexity index is 581. The first kappa shape index (κ1) is 13.9. The Balaban J connectivity index is 2.44. The maximum absolute atomic E-state index is 13.6. The average molecular weight is 331 g/mol. The number of hydrogen-bond donors (Lipinski definition) is 0. The molecule has 100 valence electrons. The van der Waals surface area contributed by atoms with Crippen LogP contribution in [0.1, 0.15) is 16.0 Å². The molecule has 1 atom stereocenters. The lowest BCUT2D eigenvalue weighted by molar-refractivity contribution is 0.386. The molecule has 0 bridgehead atoms. The summed E-state index contributed by atoms with van der Waals surface area (Å²) in [5.41, 5.74) is 0.259. The summed E-state index contributed by atoms with van der Waals surface area (Å²) in [6.45, 7) is 0. The molecule has 0 N–H and O–H groups in total. The maximum Gasteiger partial charge on any atom is 0.165 e. The zero-order chi connectivity index (χ0) is 14.0. The number of methoxy groups -OCH3 is 1. The molecule has 19 heavy (non-hydrogen) atoms. The third-order valence-corrected chi connectivity index (χ3v) is 3.71. The molecule has 0 amide bonds. The number of alkyl halides is 1. The van der Waals surface area contributed by atoms with Crippen LogP contribution in [0.25, 0.3) is 0 Å². The van der Waals surface area contributed by atoms with E-state index in [1.807, 2.05) is 0 Å². The van der Waals surface area contributed by atoms with Gasteiger partial charge in [-0.15, -0.1) is 0 Å². The first-order chi connectivity index (χ1) is 9.04. The van der Waals surface area contributed by atoms with Crippen LogP contribution in [0.3, 0.4) is 0 Å². The van der Waals surface area contributed by atoms with Crippen molar-refractivity contribution in [3.05, 3.63) is 65.0 Å². The van der Waals surface area contributed by atoms with Crippen LogP contribution in [-0.2, 0) is 0 Å². The molecule has 0 saturated heterocycles. The summed E-state index contributed by atoms with van der Waals surface area (Å²) >= 11 is 3.19. The lowest BCUT2D eigenvalue weighted by Crippen LogP contribution is -2.01. The summed E-state index contributed by atoms with van der Waals surface area (Å²) in [4.78, 5) is -0.769. The SMILES string of the molecule is COc1ccc(C(Br)c2c(F)cccc2F)cc1F. The van der Waals surface area contributed by atoms with Crippen molar-refractivity contribution in [1.82, 2.24) is 0 Å². The molecule has 2 aromatic carbocycles. The normalized spacial score (nSPS) is 12.3. The summed E-state index contributed by atoms with van der Waals surface area (Å²) < 4.78 is 45.7. The minimum Gasteiger partial charge on any atom is -0.494 e. The van der Waals surface area contributed by atoms with Gasteiger partial charge < -0.3 is 4.74 Å². The molecule has 2 aromatic rings. The van der Waals surface area contributed by atoms with Gasteiger partial charge in [0, 0.05) is 5.56 Å². The minimum absolute atomic E-state index is 0.0810. The molecule has 0 saturated carbocycles. The van der Waals surface area contributed by atoms with Crippen molar-refractivity contribution in [2.75, 3.05) is 7.11 Å². The molecule has 0 aliphatic rings. The second-order valence-corrected chi connectivity index (χ2v) is 4.81. The van der Waals surface area contributed by atoms with E-state index >= 15 is 0 Å². The molecule has 2 rings (SSSR count). The van der Waals surface area contributed by atoms with Crippen LogP contribution in [0.5, 0.6) is 5.75 Å². The van der Waals surface area contributed by atoms with E-state index in [-0.39, 0.29) is 11.3 Å². The van der Waals surface area contributed by atoms with Gasteiger partial charge in [-0.1, -0.05) is 28.1 Å². The Kier molecular flexibility index (Phi) is 4.14. The Morgan fingerprint density at radius 3 is 2.16 bits per heavy atom. The number of halogens is 4. The molecule has 0 spiro atoms. The van der Waals surface area contributed by atoms with Crippen molar-refractivity contribution < 1.29 is 17.9 Å². The number of hydrogen-bond acceptors (Lipinski definition) is 1. The smallest absolute Gasteiger partial charge is 0.165 e. The van der Waals surface area contributed by atoms with E-state index < -0.39 is 22.3 Å². The molecular formula is C14H10BrF3O. The zero-order valence-corrected chi connectivity index (χ0v) is 11.5. The van der Waals surface area contributed by atoms with Crippen LogP contribution in [0, 0.1) is 17.5 Å².